The first kappa shape index (κ1) is 28.6. The molecule has 0 saturated carbocycles. The number of hydrogen-bond acceptors (Lipinski definition) is 7. The molecule has 2 aromatic rings. The number of amides is 2. The van der Waals surface area contributed by atoms with Gasteiger partial charge in [-0.15, -0.1) is 0 Å². The molecule has 10 nitrogen and oxygen atoms in total. The molecular weight excluding hydrogens is 540 g/mol. The van der Waals surface area contributed by atoms with Crippen molar-refractivity contribution < 1.29 is 14.5 Å². The van der Waals surface area contributed by atoms with Crippen LogP contribution >= 0.6 is 23.8 Å². The Hall–Kier alpha value is -3.44. The molecule has 2 aromatic carbocycles. The fraction of sp³-hybridized carbons (Fsp3) is 0.444. The number of thiocarbonyl (C=S) groups is 1. The second-order valence-electron chi connectivity index (χ2n) is 9.70. The van der Waals surface area contributed by atoms with Gasteiger partial charge in [0.2, 0.25) is 5.91 Å². The number of benzene rings is 2. The van der Waals surface area contributed by atoms with Crippen LogP contribution in [0.5, 0.6) is 0 Å². The van der Waals surface area contributed by atoms with Crippen molar-refractivity contribution in [2.45, 2.75) is 39.0 Å². The van der Waals surface area contributed by atoms with Crippen LogP contribution in [0.2, 0.25) is 5.02 Å². The second kappa shape index (κ2) is 13.1. The molecule has 0 spiro atoms. The van der Waals surface area contributed by atoms with Gasteiger partial charge in [0.15, 0.2) is 5.11 Å². The van der Waals surface area contributed by atoms with Gasteiger partial charge in [0.1, 0.15) is 5.69 Å². The lowest BCUT2D eigenvalue weighted by Crippen LogP contribution is -2.48. The predicted molar refractivity (Wildman–Crippen MR) is 158 cm³/mol. The van der Waals surface area contributed by atoms with E-state index in [1.54, 1.807) is 18.2 Å². The lowest BCUT2D eigenvalue weighted by atomic mass is 10.1. The number of anilines is 3. The molecule has 0 aliphatic carbocycles. The monoisotopic (exact) mass is 572 g/mol. The topological polar surface area (TPSA) is 111 Å². The normalized spacial score (nSPS) is 15.6. The van der Waals surface area contributed by atoms with Crippen molar-refractivity contribution in [1.29, 1.82) is 0 Å². The summed E-state index contributed by atoms with van der Waals surface area (Å²) >= 11 is 11.9. The summed E-state index contributed by atoms with van der Waals surface area (Å²) in [7, 11) is 0. The number of carbonyl (C=O) groups is 2. The minimum atomic E-state index is -0.543. The van der Waals surface area contributed by atoms with Crippen LogP contribution < -0.4 is 20.4 Å². The van der Waals surface area contributed by atoms with E-state index in [2.05, 4.69) is 15.5 Å². The summed E-state index contributed by atoms with van der Waals surface area (Å²) in [6, 6.07) is 9.92. The molecule has 0 aromatic heterocycles. The van der Waals surface area contributed by atoms with Gasteiger partial charge in [0, 0.05) is 63.0 Å². The van der Waals surface area contributed by atoms with Crippen molar-refractivity contribution in [2.24, 2.45) is 0 Å². The number of nitro groups is 1. The summed E-state index contributed by atoms with van der Waals surface area (Å²) in [6.45, 7) is 6.22. The highest BCUT2D eigenvalue weighted by Crippen LogP contribution is 2.32. The molecule has 0 radical (unpaired) electrons. The minimum absolute atomic E-state index is 0.0506. The molecule has 2 saturated heterocycles. The number of nitrogens with zero attached hydrogens (tertiary/aromatic N) is 4. The fourth-order valence-electron chi connectivity index (χ4n) is 4.96. The van der Waals surface area contributed by atoms with Gasteiger partial charge in [0.05, 0.1) is 15.6 Å². The van der Waals surface area contributed by atoms with Crippen molar-refractivity contribution in [1.82, 2.24) is 10.2 Å². The number of halogens is 1. The lowest BCUT2D eigenvalue weighted by molar-refractivity contribution is -0.384. The highest BCUT2D eigenvalue weighted by atomic mass is 35.5. The van der Waals surface area contributed by atoms with Crippen LogP contribution in [0.4, 0.5) is 22.7 Å². The molecule has 2 N–H and O–H groups in total. The summed E-state index contributed by atoms with van der Waals surface area (Å²) in [5.74, 6) is -0.357. The molecule has 2 aliphatic heterocycles. The van der Waals surface area contributed by atoms with Gasteiger partial charge in [-0.25, -0.2) is 0 Å². The van der Waals surface area contributed by atoms with Crippen LogP contribution in [0, 0.1) is 10.1 Å². The minimum Gasteiger partial charge on any atom is -0.367 e. The van der Waals surface area contributed by atoms with Crippen LogP contribution in [-0.4, -0.2) is 66.0 Å². The smallest absolute Gasteiger partial charge is 0.293 e. The summed E-state index contributed by atoms with van der Waals surface area (Å²) in [6.07, 6.45) is 4.49. The molecule has 2 fully saturated rings. The van der Waals surface area contributed by atoms with Crippen LogP contribution in [0.15, 0.2) is 36.4 Å². The Bertz CT molecular complexity index is 1240. The number of rotatable bonds is 7. The number of piperazine rings is 1. The van der Waals surface area contributed by atoms with E-state index in [9.17, 15) is 19.7 Å². The van der Waals surface area contributed by atoms with E-state index in [0.29, 0.717) is 49.0 Å². The molecule has 4 rings (SSSR count). The average molecular weight is 573 g/mol. The molecule has 2 heterocycles. The fourth-order valence-corrected chi connectivity index (χ4v) is 5.47. The Morgan fingerprint density at radius 2 is 1.64 bits per heavy atom. The van der Waals surface area contributed by atoms with E-state index in [-0.39, 0.29) is 22.3 Å². The highest BCUT2D eigenvalue weighted by Gasteiger charge is 2.24. The van der Waals surface area contributed by atoms with Gasteiger partial charge in [-0.05, 0) is 68.2 Å². The van der Waals surface area contributed by atoms with Gasteiger partial charge >= 0.3 is 0 Å². The predicted octanol–water partition coefficient (Wildman–Crippen LogP) is 4.81. The number of carbonyl (C=O) groups excluding carboxylic acids is 2. The van der Waals surface area contributed by atoms with Gasteiger partial charge in [-0.1, -0.05) is 18.5 Å². The maximum Gasteiger partial charge on any atom is 0.293 e. The molecule has 2 amide bonds. The van der Waals surface area contributed by atoms with Crippen LogP contribution in [-0.2, 0) is 4.79 Å². The quantitative estimate of drug-likeness (QED) is 0.276. The average Bonchev–Trinajstić information content (AvgIpc) is 2.93. The van der Waals surface area contributed by atoms with Gasteiger partial charge < -0.3 is 20.0 Å². The molecule has 39 heavy (non-hydrogen) atoms. The van der Waals surface area contributed by atoms with Gasteiger partial charge in [0.25, 0.3) is 11.6 Å². The Morgan fingerprint density at radius 1 is 0.974 bits per heavy atom. The van der Waals surface area contributed by atoms with Crippen molar-refractivity contribution in [2.75, 3.05) is 54.4 Å². The van der Waals surface area contributed by atoms with Gasteiger partial charge in [-0.3, -0.25) is 25.0 Å². The van der Waals surface area contributed by atoms with E-state index in [1.165, 1.54) is 6.07 Å². The maximum absolute atomic E-state index is 12.8. The summed E-state index contributed by atoms with van der Waals surface area (Å²) in [4.78, 5) is 42.3. The molecule has 0 bridgehead atoms. The molecule has 2 aliphatic rings. The first-order chi connectivity index (χ1) is 18.8. The highest BCUT2D eigenvalue weighted by molar-refractivity contribution is 7.80. The standard InChI is InChI=1S/C27H33ClN6O4S/c1-2-6-25(35)33-15-13-32(14-16-33)22-10-8-20(18-21(22)28)29-27(39)30-26(36)19-7-9-23(24(17-19)34(37)38)31-11-4-3-5-12-31/h7-10,17-18H,2-6,11-16H2,1H3,(H2,29,30,36,39). The maximum atomic E-state index is 12.8. The molecule has 208 valence electrons. The Labute approximate surface area is 238 Å². The summed E-state index contributed by atoms with van der Waals surface area (Å²) in [5.41, 5.74) is 2.04. The largest absolute Gasteiger partial charge is 0.367 e. The number of nitro benzene ring substituents is 1. The van der Waals surface area contributed by atoms with E-state index < -0.39 is 10.8 Å². The zero-order chi connectivity index (χ0) is 27.9. The lowest BCUT2D eigenvalue weighted by Gasteiger charge is -2.36. The zero-order valence-corrected chi connectivity index (χ0v) is 23.5. The number of piperidine rings is 1. The van der Waals surface area contributed by atoms with Crippen molar-refractivity contribution in [3.63, 3.8) is 0 Å². The molecule has 12 heteroatoms. The first-order valence-electron chi connectivity index (χ1n) is 13.2. The van der Waals surface area contributed by atoms with Gasteiger partial charge in [-0.2, -0.15) is 0 Å². The second-order valence-corrected chi connectivity index (χ2v) is 10.5. The SMILES string of the molecule is CCCC(=O)N1CCN(c2ccc(NC(=S)NC(=O)c3ccc(N4CCCCC4)c([N+](=O)[O-])c3)cc2Cl)CC1. The Balaban J connectivity index is 1.35. The van der Waals surface area contributed by atoms with Crippen LogP contribution in [0.1, 0.15) is 49.4 Å². The van der Waals surface area contributed by atoms with Crippen LogP contribution in [0.3, 0.4) is 0 Å². The third-order valence-electron chi connectivity index (χ3n) is 7.00. The van der Waals surface area contributed by atoms with E-state index in [1.807, 2.05) is 28.9 Å². The number of nitrogens with one attached hydrogen (secondary N) is 2. The summed E-state index contributed by atoms with van der Waals surface area (Å²) < 4.78 is 0. The van der Waals surface area contributed by atoms with E-state index >= 15 is 0 Å². The third kappa shape index (κ3) is 7.15. The molecule has 0 unspecified atom stereocenters. The van der Waals surface area contributed by atoms with E-state index in [4.69, 9.17) is 23.8 Å². The third-order valence-corrected chi connectivity index (χ3v) is 7.51. The van der Waals surface area contributed by atoms with Crippen molar-refractivity contribution in [3.8, 4) is 0 Å². The van der Waals surface area contributed by atoms with Crippen molar-refractivity contribution in [3.05, 3.63) is 57.1 Å². The first-order valence-corrected chi connectivity index (χ1v) is 14.0. The Morgan fingerprint density at radius 3 is 2.28 bits per heavy atom. The molecular formula is C27H33ClN6O4S. The number of hydrogen-bond donors (Lipinski definition) is 2. The zero-order valence-electron chi connectivity index (χ0n) is 22.0. The Kier molecular flexibility index (Phi) is 9.58. The molecule has 0 atom stereocenters. The van der Waals surface area contributed by atoms with E-state index in [0.717, 1.165) is 44.5 Å². The van der Waals surface area contributed by atoms with Crippen molar-refractivity contribution >= 4 is 63.5 Å². The van der Waals surface area contributed by atoms with Crippen LogP contribution in [0.25, 0.3) is 0 Å². The summed E-state index contributed by atoms with van der Waals surface area (Å²) in [5, 5.41) is 17.8.